The van der Waals surface area contributed by atoms with E-state index < -0.39 is 179 Å². The lowest BCUT2D eigenvalue weighted by Gasteiger charge is -2.49. The molecule has 8 rings (SSSR count). The Balaban J connectivity index is 1.15. The number of fused-ring (bicyclic) bond motifs is 3. The third-order valence-electron chi connectivity index (χ3n) is 22.4. The number of aliphatic hydroxyl groups excluding tert-OH is 2. The number of primary amides is 1. The van der Waals surface area contributed by atoms with E-state index in [0.29, 0.717) is 40.7 Å². The monoisotopic (exact) mass is 1710 g/mol. The van der Waals surface area contributed by atoms with Gasteiger partial charge in [-0.05, 0) is 141 Å². The summed E-state index contributed by atoms with van der Waals surface area (Å²) in [6, 6.07) is 2.88. The molecule has 3 aromatic carbocycles. The molecule has 1 saturated carbocycles. The van der Waals surface area contributed by atoms with Gasteiger partial charge in [0.15, 0.2) is 0 Å². The number of aromatic nitrogens is 2. The van der Waals surface area contributed by atoms with Crippen molar-refractivity contribution >= 4 is 100 Å². The van der Waals surface area contributed by atoms with Gasteiger partial charge in [-0.3, -0.25) is 73.0 Å². The molecule has 34 nitrogen and oxygen atoms in total. The Morgan fingerprint density at radius 2 is 1.08 bits per heavy atom. The quantitative estimate of drug-likeness (QED) is 0.0599. The van der Waals surface area contributed by atoms with E-state index >= 15 is 24.0 Å². The Hall–Kier alpha value is -9.88. The van der Waals surface area contributed by atoms with Gasteiger partial charge in [-0.2, -0.15) is 23.5 Å². The minimum absolute atomic E-state index is 0.0202. The molecule has 2 bridgehead atoms. The van der Waals surface area contributed by atoms with E-state index in [9.17, 15) is 58.8 Å². The molecule has 3 fully saturated rings. The number of benzene rings is 3. The van der Waals surface area contributed by atoms with Crippen molar-refractivity contribution in [1.29, 1.82) is 0 Å². The molecule has 2 saturated heterocycles. The largest absolute Gasteiger partial charge is 0.508 e. The molecule has 3 aliphatic heterocycles. The van der Waals surface area contributed by atoms with Crippen LogP contribution in [0, 0.1) is 23.2 Å². The molecule has 4 aliphatic rings. The van der Waals surface area contributed by atoms with Crippen molar-refractivity contribution in [2.75, 3.05) is 31.7 Å². The summed E-state index contributed by atoms with van der Waals surface area (Å²) in [4.78, 5) is 196. The number of nitrogens with one attached hydrogen (secondary N) is 14. The number of amides is 12. The highest BCUT2D eigenvalue weighted by molar-refractivity contribution is 7.98. The highest BCUT2D eigenvalue weighted by Crippen LogP contribution is 2.47. The zero-order chi connectivity index (χ0) is 87.4. The Labute approximate surface area is 708 Å². The molecule has 4 heterocycles. The van der Waals surface area contributed by atoms with E-state index in [1.54, 1.807) is 58.9 Å². The first-order valence-electron chi connectivity index (χ1n) is 41.5. The molecule has 20 N–H and O–H groups in total. The van der Waals surface area contributed by atoms with Gasteiger partial charge >= 0.3 is 5.97 Å². The number of hydrogen-bond donors (Lipinski definition) is 19. The van der Waals surface area contributed by atoms with Gasteiger partial charge in [0.1, 0.15) is 78.0 Å². The van der Waals surface area contributed by atoms with Crippen LogP contribution in [-0.4, -0.2) is 223 Å². The number of carbonyl (C=O) groups excluding carboxylic acids is 12. The van der Waals surface area contributed by atoms with Gasteiger partial charge in [-0.15, -0.1) is 0 Å². The summed E-state index contributed by atoms with van der Waals surface area (Å²) in [5.41, 5.74) is 7.30. The fourth-order valence-electron chi connectivity index (χ4n) is 15.9. The van der Waals surface area contributed by atoms with Gasteiger partial charge in [0.2, 0.25) is 70.9 Å². The van der Waals surface area contributed by atoms with Crippen LogP contribution in [0.15, 0.2) is 85.3 Å². The third-order valence-corrected chi connectivity index (χ3v) is 24.5. The molecule has 658 valence electrons. The van der Waals surface area contributed by atoms with Gasteiger partial charge in [0, 0.05) is 67.9 Å². The van der Waals surface area contributed by atoms with E-state index in [0.717, 1.165) is 62.6 Å². The number of aromatic hydroxyl groups is 1. The van der Waals surface area contributed by atoms with Crippen molar-refractivity contribution in [3.63, 3.8) is 0 Å². The van der Waals surface area contributed by atoms with Gasteiger partial charge in [0.05, 0.1) is 37.0 Å². The number of piperidine rings is 1. The Bertz CT molecular complexity index is 4130. The molecule has 4 aromatic rings. The lowest BCUT2D eigenvalue weighted by Crippen LogP contribution is -2.65. The molecule has 120 heavy (non-hydrogen) atoms. The van der Waals surface area contributed by atoms with Crippen molar-refractivity contribution in [3.05, 3.63) is 113 Å². The summed E-state index contributed by atoms with van der Waals surface area (Å²) in [7, 11) is 1.48. The minimum atomic E-state index is -1.85. The number of aromatic amines is 1. The van der Waals surface area contributed by atoms with E-state index in [1.165, 1.54) is 81.3 Å². The average Bonchev–Trinajstić information content (AvgIpc) is 1.61. The fourth-order valence-corrected chi connectivity index (χ4v) is 17.8. The molecular formula is C84H122N16O18S2. The fraction of sp³-hybridized carbons (Fsp3) is 0.595. The summed E-state index contributed by atoms with van der Waals surface area (Å²) >= 11 is 2.71. The first-order chi connectivity index (χ1) is 57.2. The summed E-state index contributed by atoms with van der Waals surface area (Å²) < 4.78 is 5.40. The van der Waals surface area contributed by atoms with Crippen LogP contribution in [0.25, 0.3) is 0 Å². The first kappa shape index (κ1) is 95.6. The second-order valence-corrected chi connectivity index (χ2v) is 34.9. The van der Waals surface area contributed by atoms with E-state index in [-0.39, 0.29) is 92.7 Å². The number of H-pyrrole nitrogens is 1. The number of aliphatic carboxylic acids is 1. The van der Waals surface area contributed by atoms with E-state index in [2.05, 4.69) is 79.1 Å². The zero-order valence-electron chi connectivity index (χ0n) is 69.6. The predicted molar refractivity (Wildman–Crippen MR) is 450 cm³/mol. The molecule has 0 radical (unpaired) electrons. The standard InChI is InChI=1S/C84H122N16O18S2/c1-9-16-59-73(108)92-61(31-32-68(105)106)74(109)93-62(37-49-23-27-56(103)28-24-49)76(111)91-60(17-10-2)75(110)99-70(48(4)102)81(116)97-66(72(85)107)45-120-44-52-19-14-18-51(36-52)43-119-35-33-67(104)98-71(83(5,6)7)82(117)96-63(38-50-25-29-57(118-8)30-26-50)77(112)94-65(40-55-42-86-46-87-55)79(114)100-69(47(3)101)80(115)95-64(78(113)90-59)39-53-41-89-84(54-20-12-11-13-21-54)58(53)22-15-34-88-84/h14,18-19,23-30,36,42,46-48,53-54,58-66,69-71,88-89,101-103H,9-13,15-17,20-22,31-35,37-41,43-45H2,1-8H3,(H2,85,107)(H,86,87)(H,90,113)(H,91,111)(H,92,108)(H,93,109)(H,94,112)(H,95,115)(H,96,117)(H,97,116)(H,98,104)(H,99,110)(H,100,114)(H,105,106)/t47-,48-,53?,58?,59+,60+,61+,62+,63+,64+,65+,66+,69+,70+,71-,84?/m1/s1. The van der Waals surface area contributed by atoms with Crippen LogP contribution in [0.5, 0.6) is 11.5 Å². The van der Waals surface area contributed by atoms with Crippen LogP contribution in [0.4, 0.5) is 0 Å². The lowest BCUT2D eigenvalue weighted by molar-refractivity contribution is -0.139. The summed E-state index contributed by atoms with van der Waals surface area (Å²) in [5.74, 6) is -11.0. The summed E-state index contributed by atoms with van der Waals surface area (Å²) in [5, 5.41) is 80.3. The average molecular weight is 1710 g/mol. The lowest BCUT2D eigenvalue weighted by atomic mass is 9.68. The van der Waals surface area contributed by atoms with Crippen molar-refractivity contribution < 1.29 is 87.5 Å². The third kappa shape index (κ3) is 28.4. The number of carbonyl (C=O) groups is 13. The second kappa shape index (κ2) is 46.2. The molecule has 1 aliphatic carbocycles. The van der Waals surface area contributed by atoms with Crippen molar-refractivity contribution in [1.82, 2.24) is 79.1 Å². The van der Waals surface area contributed by atoms with Gasteiger partial charge < -0.3 is 94.4 Å². The number of aliphatic hydroxyl groups is 2. The molecule has 3 unspecified atom stereocenters. The van der Waals surface area contributed by atoms with Crippen molar-refractivity contribution in [2.24, 2.45) is 28.9 Å². The minimum Gasteiger partial charge on any atom is -0.508 e. The molecule has 0 spiro atoms. The number of nitrogens with two attached hydrogens (primary N) is 1. The number of methoxy groups -OCH3 is 1. The van der Waals surface area contributed by atoms with Gasteiger partial charge in [-0.1, -0.05) is 115 Å². The number of imidazole rings is 1. The topological polar surface area (TPSA) is 523 Å². The normalized spacial score (nSPS) is 27.4. The Kier molecular flexibility index (Phi) is 36.8. The molecule has 1 aromatic heterocycles. The van der Waals surface area contributed by atoms with Crippen LogP contribution in [-0.2, 0) is 93.1 Å². The summed E-state index contributed by atoms with van der Waals surface area (Å²) in [6.45, 7) is 12.2. The van der Waals surface area contributed by atoms with Crippen LogP contribution >= 0.6 is 23.5 Å². The number of phenolic OH excluding ortho intramolecular Hbond substituents is 1. The van der Waals surface area contributed by atoms with Gasteiger partial charge in [0.25, 0.3) is 0 Å². The van der Waals surface area contributed by atoms with E-state index in [4.69, 9.17) is 10.5 Å². The molecule has 36 heteroatoms. The zero-order valence-corrected chi connectivity index (χ0v) is 71.3. The van der Waals surface area contributed by atoms with E-state index in [1.807, 2.05) is 24.3 Å². The van der Waals surface area contributed by atoms with Crippen LogP contribution in [0.2, 0.25) is 0 Å². The Morgan fingerprint density at radius 1 is 0.583 bits per heavy atom. The number of phenols is 1. The SMILES string of the molecule is CCC[C@@H]1NC(=O)[C@H](CC2CNC3(C4CCCCC4)NCCCC23)NC(=O)[C@H]([C@@H](C)O)NC(=O)[C@H](Cc2c[nH]cn2)NC(=O)[C@H](Cc2ccc(OC)cc2)NC(=O)[C@H](C(C)(C)C)NC(=O)CCSCc2cccc(c2)CSC[C@@H](C(N)=O)NC(=O)[C@H]([C@@H](C)O)NC(=O)[C@H](CCC)NC(=O)[C@H](Cc2ccc(O)cc2)NC(=O)[C@H](CCC(=O)O)NC1=O. The summed E-state index contributed by atoms with van der Waals surface area (Å²) in [6.07, 6.45) is 4.38. The highest BCUT2D eigenvalue weighted by Gasteiger charge is 2.54. The smallest absolute Gasteiger partial charge is 0.303 e. The first-order valence-corrected chi connectivity index (χ1v) is 43.8. The highest BCUT2D eigenvalue weighted by atomic mass is 32.2. The van der Waals surface area contributed by atoms with Crippen molar-refractivity contribution in [2.45, 2.75) is 260 Å². The van der Waals surface area contributed by atoms with Crippen LogP contribution in [0.1, 0.15) is 173 Å². The molecule has 16 atom stereocenters. The number of nitrogens with zero attached hydrogens (tertiary/aromatic N) is 1. The van der Waals surface area contributed by atoms with Gasteiger partial charge in [-0.25, -0.2) is 4.98 Å². The predicted octanol–water partition coefficient (Wildman–Crippen LogP) is 1.70. The number of carboxylic acid groups (broad SMARTS) is 1. The maximum absolute atomic E-state index is 15.5. The number of thioether (sulfide) groups is 2. The van der Waals surface area contributed by atoms with Crippen LogP contribution < -0.4 is 79.6 Å². The molecule has 12 amide bonds. The number of ether oxygens (including phenoxy) is 1. The maximum atomic E-state index is 15.5. The second-order valence-electron chi connectivity index (χ2n) is 32.8. The number of carboxylic acids is 1. The number of rotatable bonds is 20. The molecular weight excluding hydrogens is 1590 g/mol. The Morgan fingerprint density at radius 3 is 1.62 bits per heavy atom. The maximum Gasteiger partial charge on any atom is 0.303 e. The van der Waals surface area contributed by atoms with Crippen molar-refractivity contribution in [3.8, 4) is 11.5 Å². The number of hydrogen-bond acceptors (Lipinski definition) is 22. The van der Waals surface area contributed by atoms with Crippen LogP contribution in [0.3, 0.4) is 0 Å².